The van der Waals surface area contributed by atoms with Gasteiger partial charge < -0.3 is 15.0 Å². The first-order chi connectivity index (χ1) is 16.9. The van der Waals surface area contributed by atoms with Crippen LogP contribution in [0.3, 0.4) is 0 Å². The molecule has 1 aromatic carbocycles. The molecule has 3 rings (SSSR count). The summed E-state index contributed by atoms with van der Waals surface area (Å²) >= 11 is 0. The van der Waals surface area contributed by atoms with Crippen LogP contribution in [-0.2, 0) is 19.9 Å². The number of nitrogens with zero attached hydrogens (tertiary/aromatic N) is 2. The lowest BCUT2D eigenvalue weighted by Gasteiger charge is -2.39. The SMILES string of the molecule is C/C=N/OCC1=CCC=CC=C1/C(=N\OC)C(=O)NC.CC.Cc1cc(C2(C)CCC2)ccc1F. The zero-order valence-corrected chi connectivity index (χ0v) is 22.2. The molecule has 6 nitrogen and oxygen atoms in total. The number of benzene rings is 1. The van der Waals surface area contributed by atoms with Crippen molar-refractivity contribution < 1.29 is 18.9 Å². The number of rotatable bonds is 7. The van der Waals surface area contributed by atoms with E-state index in [2.05, 4.69) is 22.6 Å². The Labute approximate surface area is 209 Å². The fourth-order valence-electron chi connectivity index (χ4n) is 3.66. The second-order valence-electron chi connectivity index (χ2n) is 8.19. The first kappa shape index (κ1) is 29.8. The van der Waals surface area contributed by atoms with Crippen LogP contribution in [-0.4, -0.2) is 38.6 Å². The maximum atomic E-state index is 13.0. The highest BCUT2D eigenvalue weighted by Crippen LogP contribution is 2.43. The van der Waals surface area contributed by atoms with Crippen molar-refractivity contribution in [3.8, 4) is 0 Å². The molecule has 0 heterocycles. The van der Waals surface area contributed by atoms with Crippen LogP contribution in [0, 0.1) is 12.7 Å². The van der Waals surface area contributed by atoms with Gasteiger partial charge >= 0.3 is 0 Å². The van der Waals surface area contributed by atoms with E-state index in [1.165, 1.54) is 31.9 Å². The third-order valence-electron chi connectivity index (χ3n) is 5.84. The molecule has 192 valence electrons. The maximum absolute atomic E-state index is 13.0. The Morgan fingerprint density at radius 3 is 2.54 bits per heavy atom. The fourth-order valence-corrected chi connectivity index (χ4v) is 3.66. The van der Waals surface area contributed by atoms with Crippen LogP contribution in [0.2, 0.25) is 0 Å². The topological polar surface area (TPSA) is 72.3 Å². The molecule has 0 aromatic heterocycles. The lowest BCUT2D eigenvalue weighted by molar-refractivity contribution is -0.114. The van der Waals surface area contributed by atoms with Crippen molar-refractivity contribution in [2.24, 2.45) is 10.3 Å². The number of aryl methyl sites for hydroxylation is 1. The van der Waals surface area contributed by atoms with Gasteiger partial charge in [0.2, 0.25) is 0 Å². The molecule has 0 spiro atoms. The van der Waals surface area contributed by atoms with Crippen LogP contribution in [0.25, 0.3) is 0 Å². The van der Waals surface area contributed by atoms with Gasteiger partial charge in [0.1, 0.15) is 19.5 Å². The molecule has 0 bridgehead atoms. The van der Waals surface area contributed by atoms with E-state index in [0.717, 1.165) is 17.6 Å². The summed E-state index contributed by atoms with van der Waals surface area (Å²) in [6.45, 7) is 10.1. The molecule has 1 aromatic rings. The van der Waals surface area contributed by atoms with E-state index < -0.39 is 0 Å². The number of hydrogen-bond donors (Lipinski definition) is 1. The molecule has 1 amide bonds. The highest BCUT2D eigenvalue weighted by atomic mass is 19.1. The highest BCUT2D eigenvalue weighted by Gasteiger charge is 2.33. The van der Waals surface area contributed by atoms with Gasteiger partial charge in [-0.05, 0) is 61.3 Å². The Hall–Kier alpha value is -3.22. The largest absolute Gasteiger partial charge is 0.398 e. The third kappa shape index (κ3) is 8.81. The van der Waals surface area contributed by atoms with Gasteiger partial charge in [-0.25, -0.2) is 4.39 Å². The van der Waals surface area contributed by atoms with Gasteiger partial charge in [-0.3, -0.25) is 4.79 Å². The van der Waals surface area contributed by atoms with E-state index in [1.54, 1.807) is 26.3 Å². The predicted molar refractivity (Wildman–Crippen MR) is 142 cm³/mol. The first-order valence-corrected chi connectivity index (χ1v) is 12.1. The number of hydrogen-bond acceptors (Lipinski definition) is 5. The summed E-state index contributed by atoms with van der Waals surface area (Å²) < 4.78 is 13.0. The lowest BCUT2D eigenvalue weighted by atomic mass is 9.66. The molecule has 0 atom stereocenters. The Bertz CT molecular complexity index is 974. The van der Waals surface area contributed by atoms with E-state index in [-0.39, 0.29) is 24.0 Å². The summed E-state index contributed by atoms with van der Waals surface area (Å²) in [5, 5.41) is 10.1. The number of oxime groups is 2. The number of carbonyl (C=O) groups is 1. The average Bonchev–Trinajstić information content (AvgIpc) is 3.09. The maximum Gasteiger partial charge on any atom is 0.273 e. The van der Waals surface area contributed by atoms with Gasteiger partial charge in [0.15, 0.2) is 5.71 Å². The molecule has 1 saturated carbocycles. The Kier molecular flexibility index (Phi) is 13.3. The van der Waals surface area contributed by atoms with Crippen molar-refractivity contribution in [1.82, 2.24) is 5.32 Å². The zero-order valence-electron chi connectivity index (χ0n) is 22.2. The molecular weight excluding hydrogens is 445 g/mol. The highest BCUT2D eigenvalue weighted by molar-refractivity contribution is 6.46. The molecule has 0 saturated heterocycles. The summed E-state index contributed by atoms with van der Waals surface area (Å²) in [4.78, 5) is 21.8. The fraction of sp³-hybridized carbons (Fsp3) is 0.464. The lowest BCUT2D eigenvalue weighted by Crippen LogP contribution is -2.30. The standard InChI is InChI=1S/C14H19N3O3.C12H15F.C2H6/c1-4-16-20-10-11-8-6-5-7-9-12(11)13(17-19-3)14(18)15-2;1-9-8-10(4-5-11(9)13)12(2)6-3-7-12;1-2/h4-5,7-9H,6,10H2,1-3H3,(H,15,18);4-5,8H,3,6-7H2,1-2H3;1-2H3/b16-4+,17-13+;;. The molecule has 1 N–H and O–H groups in total. The second kappa shape index (κ2) is 15.6. The van der Waals surface area contributed by atoms with Crippen molar-refractivity contribution in [1.29, 1.82) is 0 Å². The molecule has 0 unspecified atom stereocenters. The van der Waals surface area contributed by atoms with Gasteiger partial charge in [-0.2, -0.15) is 0 Å². The molecule has 35 heavy (non-hydrogen) atoms. The minimum atomic E-state index is -0.321. The summed E-state index contributed by atoms with van der Waals surface area (Å²) in [6.07, 6.45) is 13.7. The van der Waals surface area contributed by atoms with Crippen LogP contribution >= 0.6 is 0 Å². The van der Waals surface area contributed by atoms with Crippen LogP contribution in [0.1, 0.15) is 64.5 Å². The van der Waals surface area contributed by atoms with Crippen molar-refractivity contribution >= 4 is 17.8 Å². The van der Waals surface area contributed by atoms with E-state index in [1.807, 2.05) is 57.2 Å². The summed E-state index contributed by atoms with van der Waals surface area (Å²) in [7, 11) is 2.94. The van der Waals surface area contributed by atoms with Crippen LogP contribution in [0.5, 0.6) is 0 Å². The summed E-state index contributed by atoms with van der Waals surface area (Å²) in [6, 6.07) is 5.52. The van der Waals surface area contributed by atoms with Gasteiger partial charge in [0.05, 0.1) is 0 Å². The molecule has 0 aliphatic heterocycles. The Morgan fingerprint density at radius 1 is 1.29 bits per heavy atom. The van der Waals surface area contributed by atoms with Gasteiger partial charge in [0.25, 0.3) is 5.91 Å². The Morgan fingerprint density at radius 2 is 2.00 bits per heavy atom. The molecule has 2 aliphatic carbocycles. The molecule has 2 aliphatic rings. The zero-order chi connectivity index (χ0) is 26.3. The number of nitrogens with one attached hydrogen (secondary N) is 1. The number of carbonyl (C=O) groups excluding carboxylic acids is 1. The van der Waals surface area contributed by atoms with Crippen molar-refractivity contribution in [2.45, 2.75) is 65.7 Å². The van der Waals surface area contributed by atoms with Crippen molar-refractivity contribution in [2.75, 3.05) is 20.8 Å². The van der Waals surface area contributed by atoms with Gasteiger partial charge in [-0.1, -0.05) is 73.9 Å². The smallest absolute Gasteiger partial charge is 0.273 e. The van der Waals surface area contributed by atoms with Crippen LogP contribution < -0.4 is 5.32 Å². The monoisotopic (exact) mass is 485 g/mol. The quantitative estimate of drug-likeness (QED) is 0.371. The predicted octanol–water partition coefficient (Wildman–Crippen LogP) is 6.17. The minimum absolute atomic E-state index is 0.0910. The number of allylic oxidation sites excluding steroid dienone is 4. The molecule has 7 heteroatoms. The van der Waals surface area contributed by atoms with Crippen molar-refractivity contribution in [3.63, 3.8) is 0 Å². The van der Waals surface area contributed by atoms with E-state index in [4.69, 9.17) is 9.68 Å². The number of amides is 1. The first-order valence-electron chi connectivity index (χ1n) is 12.1. The van der Waals surface area contributed by atoms with Crippen molar-refractivity contribution in [3.05, 3.63) is 70.6 Å². The normalized spacial score (nSPS) is 16.3. The third-order valence-corrected chi connectivity index (χ3v) is 5.84. The molecular formula is C28H40FN3O3. The molecule has 0 radical (unpaired) electrons. The minimum Gasteiger partial charge on any atom is -0.398 e. The molecule has 1 fully saturated rings. The number of halogens is 1. The summed E-state index contributed by atoms with van der Waals surface area (Å²) in [5.74, 6) is -0.412. The van der Waals surface area contributed by atoms with E-state index >= 15 is 0 Å². The second-order valence-corrected chi connectivity index (χ2v) is 8.19. The van der Waals surface area contributed by atoms with Gasteiger partial charge in [0, 0.05) is 18.8 Å². The van der Waals surface area contributed by atoms with Crippen LogP contribution in [0.4, 0.5) is 4.39 Å². The summed E-state index contributed by atoms with van der Waals surface area (Å²) in [5.41, 5.74) is 4.10. The van der Waals surface area contributed by atoms with E-state index in [0.29, 0.717) is 11.0 Å². The average molecular weight is 486 g/mol. The van der Waals surface area contributed by atoms with Gasteiger partial charge in [-0.15, -0.1) is 0 Å². The van der Waals surface area contributed by atoms with Crippen LogP contribution in [0.15, 0.2) is 64.0 Å². The van der Waals surface area contributed by atoms with E-state index in [9.17, 15) is 9.18 Å². The Balaban J connectivity index is 0.000000350.